The molecule has 2 aromatic rings. The topological polar surface area (TPSA) is 39.7 Å². The van der Waals surface area contributed by atoms with Crippen LogP contribution in [-0.4, -0.2) is 20.3 Å². The predicted molar refractivity (Wildman–Crippen MR) is 82.5 cm³/mol. The summed E-state index contributed by atoms with van der Waals surface area (Å²) in [6.45, 7) is 3.32. The van der Waals surface area contributed by atoms with Crippen LogP contribution in [-0.2, 0) is 0 Å². The van der Waals surface area contributed by atoms with E-state index in [2.05, 4.69) is 18.3 Å². The molecule has 0 amide bonds. The first-order valence-electron chi connectivity index (χ1n) is 7.07. The minimum Gasteiger partial charge on any atom is -0.495 e. The highest BCUT2D eigenvalue weighted by molar-refractivity contribution is 5.57. The van der Waals surface area contributed by atoms with Crippen LogP contribution in [0.25, 0.3) is 0 Å². The molecule has 0 saturated carbocycles. The quantitative estimate of drug-likeness (QED) is 0.931. The fourth-order valence-electron chi connectivity index (χ4n) is 2.41. The predicted octanol–water partition coefficient (Wildman–Crippen LogP) is 3.64. The van der Waals surface area contributed by atoms with Crippen molar-refractivity contribution in [1.29, 1.82) is 0 Å². The normalized spacial score (nSPS) is 14.4. The molecule has 2 aromatic carbocycles. The van der Waals surface area contributed by atoms with Crippen molar-refractivity contribution in [3.8, 4) is 17.2 Å². The van der Waals surface area contributed by atoms with E-state index in [9.17, 15) is 0 Å². The van der Waals surface area contributed by atoms with Gasteiger partial charge in [0.2, 0.25) is 0 Å². The van der Waals surface area contributed by atoms with E-state index in [1.165, 1.54) is 0 Å². The molecule has 0 radical (unpaired) electrons. The maximum Gasteiger partial charge on any atom is 0.161 e. The Hall–Kier alpha value is -2.36. The lowest BCUT2D eigenvalue weighted by molar-refractivity contribution is 0.171. The molecule has 21 heavy (non-hydrogen) atoms. The summed E-state index contributed by atoms with van der Waals surface area (Å²) in [6, 6.07) is 14.1. The molecule has 1 aliphatic heterocycles. The third kappa shape index (κ3) is 2.89. The third-order valence-electron chi connectivity index (χ3n) is 3.55. The summed E-state index contributed by atoms with van der Waals surface area (Å²) in [7, 11) is 1.68. The van der Waals surface area contributed by atoms with Crippen LogP contribution in [0.4, 0.5) is 5.69 Å². The molecular formula is C17H19NO3. The lowest BCUT2D eigenvalue weighted by atomic mass is 10.1. The van der Waals surface area contributed by atoms with Crippen molar-refractivity contribution in [3.63, 3.8) is 0 Å². The van der Waals surface area contributed by atoms with Gasteiger partial charge in [-0.15, -0.1) is 0 Å². The van der Waals surface area contributed by atoms with Gasteiger partial charge >= 0.3 is 0 Å². The van der Waals surface area contributed by atoms with Gasteiger partial charge in [0.05, 0.1) is 12.8 Å². The highest BCUT2D eigenvalue weighted by Crippen LogP contribution is 2.34. The number of nitrogens with one attached hydrogen (secondary N) is 1. The minimum atomic E-state index is 0.136. The first-order valence-corrected chi connectivity index (χ1v) is 7.07. The Kier molecular flexibility index (Phi) is 3.86. The molecule has 1 aliphatic rings. The molecule has 0 spiro atoms. The van der Waals surface area contributed by atoms with E-state index >= 15 is 0 Å². The van der Waals surface area contributed by atoms with Crippen molar-refractivity contribution in [2.75, 3.05) is 25.6 Å². The average Bonchev–Trinajstić information content (AvgIpc) is 2.55. The lowest BCUT2D eigenvalue weighted by Crippen LogP contribution is -2.16. The molecule has 0 aromatic heterocycles. The molecule has 0 aliphatic carbocycles. The Morgan fingerprint density at radius 2 is 1.81 bits per heavy atom. The summed E-state index contributed by atoms with van der Waals surface area (Å²) in [6.07, 6.45) is 0. The van der Waals surface area contributed by atoms with Crippen LogP contribution >= 0.6 is 0 Å². The second-order valence-electron chi connectivity index (χ2n) is 4.97. The maximum absolute atomic E-state index is 5.63. The highest BCUT2D eigenvalue weighted by Gasteiger charge is 2.15. The van der Waals surface area contributed by atoms with Crippen molar-refractivity contribution in [3.05, 3.63) is 48.0 Å². The standard InChI is InChI=1S/C17H19NO3/c1-12(18-14-5-3-4-6-15(14)19-2)13-7-8-16-17(11-13)21-10-9-20-16/h3-8,11-12,18H,9-10H2,1-2H3. The number of hydrogen-bond acceptors (Lipinski definition) is 4. The number of anilines is 1. The van der Waals surface area contributed by atoms with Crippen LogP contribution in [0.1, 0.15) is 18.5 Å². The van der Waals surface area contributed by atoms with E-state index < -0.39 is 0 Å². The van der Waals surface area contributed by atoms with Crippen molar-refractivity contribution in [2.24, 2.45) is 0 Å². The lowest BCUT2D eigenvalue weighted by Gasteiger charge is -2.22. The van der Waals surface area contributed by atoms with Gasteiger partial charge in [-0.3, -0.25) is 0 Å². The van der Waals surface area contributed by atoms with Gasteiger partial charge in [0.1, 0.15) is 19.0 Å². The Morgan fingerprint density at radius 1 is 1.05 bits per heavy atom. The van der Waals surface area contributed by atoms with Crippen LogP contribution in [0.15, 0.2) is 42.5 Å². The zero-order valence-corrected chi connectivity index (χ0v) is 12.3. The van der Waals surface area contributed by atoms with Gasteiger partial charge in [-0.25, -0.2) is 0 Å². The first kappa shape index (κ1) is 13.6. The summed E-state index contributed by atoms with van der Waals surface area (Å²) in [4.78, 5) is 0. The van der Waals surface area contributed by atoms with Gasteiger partial charge in [0.25, 0.3) is 0 Å². The summed E-state index contributed by atoms with van der Waals surface area (Å²) < 4.78 is 16.5. The van der Waals surface area contributed by atoms with Crippen LogP contribution < -0.4 is 19.5 Å². The maximum atomic E-state index is 5.63. The summed E-state index contributed by atoms with van der Waals surface area (Å²) in [5, 5.41) is 3.46. The SMILES string of the molecule is COc1ccccc1NC(C)c1ccc2c(c1)OCCO2. The largest absolute Gasteiger partial charge is 0.495 e. The molecule has 4 nitrogen and oxygen atoms in total. The molecule has 3 rings (SSSR count). The van der Waals surface area contributed by atoms with E-state index in [4.69, 9.17) is 14.2 Å². The van der Waals surface area contributed by atoms with Gasteiger partial charge in [0.15, 0.2) is 11.5 Å². The molecule has 1 N–H and O–H groups in total. The summed E-state index contributed by atoms with van der Waals surface area (Å²) in [5.41, 5.74) is 2.12. The molecule has 1 unspecified atom stereocenters. The number of fused-ring (bicyclic) bond motifs is 1. The number of ether oxygens (including phenoxy) is 3. The highest BCUT2D eigenvalue weighted by atomic mass is 16.6. The summed E-state index contributed by atoms with van der Waals surface area (Å²) >= 11 is 0. The van der Waals surface area contributed by atoms with E-state index in [-0.39, 0.29) is 6.04 Å². The fourth-order valence-corrected chi connectivity index (χ4v) is 2.41. The smallest absolute Gasteiger partial charge is 0.161 e. The van der Waals surface area contributed by atoms with Gasteiger partial charge in [-0.1, -0.05) is 18.2 Å². The molecule has 0 saturated heterocycles. The van der Waals surface area contributed by atoms with Crippen molar-refractivity contribution in [1.82, 2.24) is 0 Å². The van der Waals surface area contributed by atoms with Crippen molar-refractivity contribution in [2.45, 2.75) is 13.0 Å². The van der Waals surface area contributed by atoms with E-state index in [0.717, 1.165) is 28.5 Å². The molecule has 1 atom stereocenters. The first-order chi connectivity index (χ1) is 10.3. The van der Waals surface area contributed by atoms with E-state index in [0.29, 0.717) is 13.2 Å². The summed E-state index contributed by atoms with van der Waals surface area (Å²) in [5.74, 6) is 2.46. The number of benzene rings is 2. The molecule has 110 valence electrons. The van der Waals surface area contributed by atoms with Crippen LogP contribution in [0.2, 0.25) is 0 Å². The van der Waals surface area contributed by atoms with Crippen LogP contribution in [0.3, 0.4) is 0 Å². The number of rotatable bonds is 4. The molecule has 4 heteroatoms. The fraction of sp³-hybridized carbons (Fsp3) is 0.294. The Morgan fingerprint density at radius 3 is 2.62 bits per heavy atom. The second kappa shape index (κ2) is 5.95. The van der Waals surface area contributed by atoms with Gasteiger partial charge in [-0.2, -0.15) is 0 Å². The van der Waals surface area contributed by atoms with Gasteiger partial charge in [0, 0.05) is 6.04 Å². The monoisotopic (exact) mass is 285 g/mol. The molecule has 0 fully saturated rings. The molecular weight excluding hydrogens is 266 g/mol. The molecule has 0 bridgehead atoms. The van der Waals surface area contributed by atoms with Crippen molar-refractivity contribution >= 4 is 5.69 Å². The number of hydrogen-bond donors (Lipinski definition) is 1. The Bertz CT molecular complexity index is 627. The van der Waals surface area contributed by atoms with Crippen molar-refractivity contribution < 1.29 is 14.2 Å². The van der Waals surface area contributed by atoms with Gasteiger partial charge in [-0.05, 0) is 36.8 Å². The van der Waals surface area contributed by atoms with E-state index in [1.54, 1.807) is 7.11 Å². The zero-order valence-electron chi connectivity index (χ0n) is 12.3. The minimum absolute atomic E-state index is 0.136. The number of methoxy groups -OCH3 is 1. The van der Waals surface area contributed by atoms with Crippen LogP contribution in [0.5, 0.6) is 17.2 Å². The van der Waals surface area contributed by atoms with Gasteiger partial charge < -0.3 is 19.5 Å². The van der Waals surface area contributed by atoms with Crippen LogP contribution in [0, 0.1) is 0 Å². The number of para-hydroxylation sites is 2. The van der Waals surface area contributed by atoms with E-state index in [1.807, 2.05) is 36.4 Å². The average molecular weight is 285 g/mol. The Labute approximate surface area is 124 Å². The second-order valence-corrected chi connectivity index (χ2v) is 4.97. The third-order valence-corrected chi connectivity index (χ3v) is 3.55. The zero-order chi connectivity index (χ0) is 14.7. The Balaban J connectivity index is 1.80. The molecule has 1 heterocycles.